The van der Waals surface area contributed by atoms with Crippen molar-refractivity contribution >= 4 is 40.7 Å². The van der Waals surface area contributed by atoms with Crippen LogP contribution in [0.2, 0.25) is 10.0 Å². The van der Waals surface area contributed by atoms with Crippen LogP contribution in [0.25, 0.3) is 11.4 Å². The molecular weight excluding hydrogens is 463 g/mol. The Hall–Kier alpha value is -3.75. The maximum atomic E-state index is 12.8. The lowest BCUT2D eigenvalue weighted by Gasteiger charge is -2.13. The lowest BCUT2D eigenvalue weighted by molar-refractivity contribution is 0.102. The van der Waals surface area contributed by atoms with E-state index in [9.17, 15) is 4.79 Å². The summed E-state index contributed by atoms with van der Waals surface area (Å²) in [6.07, 6.45) is 3.01. The molecule has 0 aliphatic heterocycles. The first-order valence-electron chi connectivity index (χ1n) is 9.82. The highest BCUT2D eigenvalue weighted by molar-refractivity contribution is 6.44. The number of aryl methyl sites for hydroxylation is 1. The monoisotopic (exact) mass is 480 g/mol. The van der Waals surface area contributed by atoms with Crippen molar-refractivity contribution in [3.05, 3.63) is 82.2 Å². The van der Waals surface area contributed by atoms with Gasteiger partial charge in [-0.3, -0.25) is 4.79 Å². The van der Waals surface area contributed by atoms with Gasteiger partial charge in [0.05, 0.1) is 21.3 Å². The Morgan fingerprint density at radius 1 is 1.03 bits per heavy atom. The fourth-order valence-corrected chi connectivity index (χ4v) is 3.29. The number of nitrogens with one attached hydrogen (secondary N) is 2. The van der Waals surface area contributed by atoms with Crippen molar-refractivity contribution in [2.24, 2.45) is 0 Å². The van der Waals surface area contributed by atoms with E-state index in [-0.39, 0.29) is 10.9 Å². The summed E-state index contributed by atoms with van der Waals surface area (Å²) in [6, 6.07) is 13.7. The van der Waals surface area contributed by atoms with Gasteiger partial charge in [-0.1, -0.05) is 35.3 Å². The van der Waals surface area contributed by atoms with Crippen LogP contribution in [0.4, 0.5) is 11.6 Å². The number of hydrogen-bond acceptors (Lipinski definition) is 7. The molecule has 0 spiro atoms. The summed E-state index contributed by atoms with van der Waals surface area (Å²) in [5.41, 5.74) is 2.19. The molecule has 8 nitrogen and oxygen atoms in total. The number of ether oxygens (including phenoxy) is 1. The normalized spacial score (nSPS) is 10.5. The largest absolute Gasteiger partial charge is 0.438 e. The van der Waals surface area contributed by atoms with Crippen LogP contribution in [-0.4, -0.2) is 32.9 Å². The average Bonchev–Trinajstić information content (AvgIpc) is 2.83. The molecule has 166 valence electrons. The molecule has 0 saturated heterocycles. The molecular formula is C23H18Cl2N6O2. The van der Waals surface area contributed by atoms with Crippen molar-refractivity contribution in [2.75, 3.05) is 17.7 Å². The van der Waals surface area contributed by atoms with Gasteiger partial charge < -0.3 is 15.4 Å². The third-order valence-electron chi connectivity index (χ3n) is 4.66. The molecule has 0 atom stereocenters. The highest BCUT2D eigenvalue weighted by Gasteiger charge is 2.16. The number of pyridine rings is 1. The molecule has 4 aromatic rings. The number of amides is 1. The summed E-state index contributed by atoms with van der Waals surface area (Å²) in [4.78, 5) is 29.8. The minimum absolute atomic E-state index is 0.271. The molecule has 0 bridgehead atoms. The summed E-state index contributed by atoms with van der Waals surface area (Å²) >= 11 is 12.2. The highest BCUT2D eigenvalue weighted by Crippen LogP contribution is 2.33. The molecule has 0 radical (unpaired) electrons. The molecule has 2 heterocycles. The van der Waals surface area contributed by atoms with Gasteiger partial charge in [0.1, 0.15) is 12.1 Å². The fraction of sp³-hybridized carbons (Fsp3) is 0.0870. The zero-order chi connectivity index (χ0) is 23.4. The molecule has 10 heteroatoms. The molecule has 0 fully saturated rings. The quantitative estimate of drug-likeness (QED) is 0.368. The van der Waals surface area contributed by atoms with Crippen molar-refractivity contribution in [1.29, 1.82) is 0 Å². The van der Waals surface area contributed by atoms with Gasteiger partial charge >= 0.3 is 0 Å². The Labute approximate surface area is 200 Å². The number of anilines is 2. The van der Waals surface area contributed by atoms with Gasteiger partial charge in [0.25, 0.3) is 5.91 Å². The summed E-state index contributed by atoms with van der Waals surface area (Å²) in [5.74, 6) is 1.22. The Morgan fingerprint density at radius 2 is 1.88 bits per heavy atom. The minimum Gasteiger partial charge on any atom is -0.438 e. The second kappa shape index (κ2) is 9.81. The van der Waals surface area contributed by atoms with Crippen LogP contribution >= 0.6 is 23.2 Å². The van der Waals surface area contributed by atoms with Gasteiger partial charge in [-0.2, -0.15) is 4.98 Å². The van der Waals surface area contributed by atoms with Crippen LogP contribution < -0.4 is 15.4 Å². The number of hydrogen-bond donors (Lipinski definition) is 2. The van der Waals surface area contributed by atoms with Crippen LogP contribution in [0.15, 0.2) is 61.1 Å². The lowest BCUT2D eigenvalue weighted by Crippen LogP contribution is -2.12. The number of carbonyl (C=O) groups is 1. The molecule has 2 aromatic carbocycles. The number of aromatic nitrogens is 4. The zero-order valence-corrected chi connectivity index (χ0v) is 19.1. The molecule has 0 saturated carbocycles. The van der Waals surface area contributed by atoms with Gasteiger partial charge in [0, 0.05) is 18.8 Å². The van der Waals surface area contributed by atoms with E-state index in [1.165, 1.54) is 6.33 Å². The van der Waals surface area contributed by atoms with E-state index < -0.39 is 0 Å². The Morgan fingerprint density at radius 3 is 2.70 bits per heavy atom. The topological polar surface area (TPSA) is 102 Å². The third-order valence-corrected chi connectivity index (χ3v) is 5.48. The summed E-state index contributed by atoms with van der Waals surface area (Å²) < 4.78 is 6.09. The number of halogens is 2. The SMILES string of the molecule is CNc1ncnc(-c2cccnc2Oc2cc(C(=O)Nc3cccc(Cl)c3Cl)ccc2C)n1. The Kier molecular flexibility index (Phi) is 6.67. The predicted molar refractivity (Wildman–Crippen MR) is 128 cm³/mol. The Balaban J connectivity index is 1.63. The second-order valence-electron chi connectivity index (χ2n) is 6.88. The molecule has 0 aliphatic rings. The van der Waals surface area contributed by atoms with Gasteiger partial charge in [-0.25, -0.2) is 15.0 Å². The third kappa shape index (κ3) is 5.02. The van der Waals surface area contributed by atoms with E-state index in [4.69, 9.17) is 27.9 Å². The van der Waals surface area contributed by atoms with Crippen LogP contribution in [0.3, 0.4) is 0 Å². The summed E-state index contributed by atoms with van der Waals surface area (Å²) in [5, 5.41) is 6.27. The van der Waals surface area contributed by atoms with E-state index in [1.807, 2.05) is 6.92 Å². The summed E-state index contributed by atoms with van der Waals surface area (Å²) in [7, 11) is 1.72. The van der Waals surface area contributed by atoms with Crippen molar-refractivity contribution < 1.29 is 9.53 Å². The zero-order valence-electron chi connectivity index (χ0n) is 17.6. The highest BCUT2D eigenvalue weighted by atomic mass is 35.5. The number of rotatable bonds is 6. The predicted octanol–water partition coefficient (Wildman–Crippen LogP) is 5.64. The van der Waals surface area contributed by atoms with Crippen LogP contribution in [-0.2, 0) is 0 Å². The number of benzene rings is 2. The van der Waals surface area contributed by atoms with E-state index in [2.05, 4.69) is 30.6 Å². The first kappa shape index (κ1) is 22.4. The number of carbonyl (C=O) groups excluding carboxylic acids is 1. The molecule has 33 heavy (non-hydrogen) atoms. The van der Waals surface area contributed by atoms with Crippen LogP contribution in [0, 0.1) is 6.92 Å². The van der Waals surface area contributed by atoms with Crippen LogP contribution in [0.1, 0.15) is 15.9 Å². The smallest absolute Gasteiger partial charge is 0.255 e. The van der Waals surface area contributed by atoms with Crippen molar-refractivity contribution in [2.45, 2.75) is 6.92 Å². The first-order valence-corrected chi connectivity index (χ1v) is 10.6. The summed E-state index contributed by atoms with van der Waals surface area (Å²) in [6.45, 7) is 1.87. The lowest BCUT2D eigenvalue weighted by atomic mass is 10.1. The molecule has 4 rings (SSSR count). The van der Waals surface area contributed by atoms with Crippen molar-refractivity contribution in [3.63, 3.8) is 0 Å². The number of nitrogens with zero attached hydrogens (tertiary/aromatic N) is 4. The van der Waals surface area contributed by atoms with E-state index in [0.29, 0.717) is 45.2 Å². The van der Waals surface area contributed by atoms with Crippen molar-refractivity contribution in [1.82, 2.24) is 19.9 Å². The first-order chi connectivity index (χ1) is 16.0. The molecule has 0 aliphatic carbocycles. The Bertz CT molecular complexity index is 1330. The molecule has 0 unspecified atom stereocenters. The van der Waals surface area contributed by atoms with Gasteiger partial charge in [0.15, 0.2) is 5.82 Å². The van der Waals surface area contributed by atoms with Gasteiger partial charge in [-0.15, -0.1) is 0 Å². The van der Waals surface area contributed by atoms with E-state index >= 15 is 0 Å². The molecule has 1 amide bonds. The van der Waals surface area contributed by atoms with Crippen molar-refractivity contribution in [3.8, 4) is 23.0 Å². The van der Waals surface area contributed by atoms with Gasteiger partial charge in [-0.05, 0) is 48.9 Å². The maximum Gasteiger partial charge on any atom is 0.255 e. The van der Waals surface area contributed by atoms with Gasteiger partial charge in [0.2, 0.25) is 11.8 Å². The maximum absolute atomic E-state index is 12.8. The van der Waals surface area contributed by atoms with E-state index in [1.54, 1.807) is 61.8 Å². The molecule has 2 N–H and O–H groups in total. The second-order valence-corrected chi connectivity index (χ2v) is 7.66. The fourth-order valence-electron chi connectivity index (χ4n) is 2.94. The standard InChI is InChI=1S/C23H18Cl2N6O2/c1-13-8-9-14(21(32)30-17-7-3-6-16(24)19(17)25)11-18(13)33-22-15(5-4-10-27-22)20-28-12-29-23(26-2)31-20/h3-12H,1-2H3,(H,30,32)(H,26,28,29,31). The van der Waals surface area contributed by atoms with E-state index in [0.717, 1.165) is 5.56 Å². The average molecular weight is 481 g/mol. The minimum atomic E-state index is -0.360. The molecule has 2 aromatic heterocycles. The van der Waals surface area contributed by atoms with Crippen LogP contribution in [0.5, 0.6) is 11.6 Å².